The maximum Gasteiger partial charge on any atom is 0.275 e. The van der Waals surface area contributed by atoms with Crippen LogP contribution < -0.4 is 19.3 Å². The topological polar surface area (TPSA) is 90.7 Å². The monoisotopic (exact) mass is 298 g/mol. The average Bonchev–Trinajstić information content (AvgIpc) is 2.85. The molecule has 0 aromatic heterocycles. The SMILES string of the molecule is NS(=O)(=O)NC1(c2ccc3c(c2)OCCO3)CCCC1. The van der Waals surface area contributed by atoms with E-state index >= 15 is 0 Å². The molecule has 0 atom stereocenters. The van der Waals surface area contributed by atoms with Crippen molar-refractivity contribution >= 4 is 10.2 Å². The van der Waals surface area contributed by atoms with Crippen LogP contribution in [0.15, 0.2) is 18.2 Å². The molecule has 1 aromatic carbocycles. The third-order valence-electron chi connectivity index (χ3n) is 3.89. The first-order chi connectivity index (χ1) is 9.49. The Morgan fingerprint density at radius 2 is 1.75 bits per heavy atom. The Kier molecular flexibility index (Phi) is 3.35. The van der Waals surface area contributed by atoms with Gasteiger partial charge in [-0.1, -0.05) is 18.9 Å². The molecular formula is C13H18N2O4S. The van der Waals surface area contributed by atoms with Crippen molar-refractivity contribution in [2.24, 2.45) is 5.14 Å². The summed E-state index contributed by atoms with van der Waals surface area (Å²) < 4.78 is 36.6. The van der Waals surface area contributed by atoms with Crippen LogP contribution in [0.5, 0.6) is 11.5 Å². The van der Waals surface area contributed by atoms with Gasteiger partial charge in [-0.15, -0.1) is 0 Å². The third-order valence-corrected chi connectivity index (χ3v) is 4.56. The quantitative estimate of drug-likeness (QED) is 0.871. The van der Waals surface area contributed by atoms with Crippen molar-refractivity contribution in [3.05, 3.63) is 23.8 Å². The van der Waals surface area contributed by atoms with Gasteiger partial charge in [0.05, 0.1) is 5.54 Å². The van der Waals surface area contributed by atoms with Gasteiger partial charge in [0, 0.05) is 0 Å². The normalized spacial score (nSPS) is 20.9. The molecule has 0 amide bonds. The predicted molar refractivity (Wildman–Crippen MR) is 73.8 cm³/mol. The van der Waals surface area contributed by atoms with Crippen molar-refractivity contribution in [2.75, 3.05) is 13.2 Å². The van der Waals surface area contributed by atoms with Crippen LogP contribution in [0, 0.1) is 0 Å². The Labute approximate surface area is 118 Å². The zero-order valence-corrected chi connectivity index (χ0v) is 11.9. The van der Waals surface area contributed by atoms with E-state index in [0.717, 1.165) is 31.2 Å². The second-order valence-electron chi connectivity index (χ2n) is 5.29. The van der Waals surface area contributed by atoms with E-state index in [2.05, 4.69) is 4.72 Å². The van der Waals surface area contributed by atoms with E-state index in [1.807, 2.05) is 18.2 Å². The minimum Gasteiger partial charge on any atom is -0.486 e. The van der Waals surface area contributed by atoms with E-state index in [1.165, 1.54) is 0 Å². The highest BCUT2D eigenvalue weighted by Crippen LogP contribution is 2.42. The summed E-state index contributed by atoms with van der Waals surface area (Å²) >= 11 is 0. The van der Waals surface area contributed by atoms with Crippen LogP contribution in [-0.2, 0) is 15.7 Å². The molecule has 0 saturated heterocycles. The highest BCUT2D eigenvalue weighted by atomic mass is 32.2. The number of benzene rings is 1. The summed E-state index contributed by atoms with van der Waals surface area (Å²) in [6, 6.07) is 5.57. The van der Waals surface area contributed by atoms with Gasteiger partial charge >= 0.3 is 0 Å². The minimum absolute atomic E-state index is 0.506. The second-order valence-corrected chi connectivity index (χ2v) is 6.59. The maximum atomic E-state index is 11.5. The van der Waals surface area contributed by atoms with Crippen LogP contribution in [0.3, 0.4) is 0 Å². The summed E-state index contributed by atoms with van der Waals surface area (Å²) in [5.41, 5.74) is 0.261. The summed E-state index contributed by atoms with van der Waals surface area (Å²) in [6.45, 7) is 1.04. The Morgan fingerprint density at radius 3 is 2.40 bits per heavy atom. The Morgan fingerprint density at radius 1 is 1.10 bits per heavy atom. The average molecular weight is 298 g/mol. The number of hydrogen-bond acceptors (Lipinski definition) is 4. The fourth-order valence-electron chi connectivity index (χ4n) is 3.04. The number of nitrogens with one attached hydrogen (secondary N) is 1. The van der Waals surface area contributed by atoms with Crippen molar-refractivity contribution in [3.8, 4) is 11.5 Å². The molecular weight excluding hydrogens is 280 g/mol. The van der Waals surface area contributed by atoms with Gasteiger partial charge in [0.15, 0.2) is 11.5 Å². The van der Waals surface area contributed by atoms with Crippen LogP contribution in [0.25, 0.3) is 0 Å². The largest absolute Gasteiger partial charge is 0.486 e. The molecule has 20 heavy (non-hydrogen) atoms. The summed E-state index contributed by atoms with van der Waals surface area (Å²) in [5.74, 6) is 1.36. The summed E-state index contributed by atoms with van der Waals surface area (Å²) in [4.78, 5) is 0. The van der Waals surface area contributed by atoms with Crippen molar-refractivity contribution < 1.29 is 17.9 Å². The zero-order valence-electron chi connectivity index (χ0n) is 11.1. The van der Waals surface area contributed by atoms with E-state index in [0.29, 0.717) is 24.7 Å². The molecule has 0 bridgehead atoms. The third kappa shape index (κ3) is 2.61. The number of rotatable bonds is 3. The van der Waals surface area contributed by atoms with E-state index in [-0.39, 0.29) is 0 Å². The first-order valence-electron chi connectivity index (χ1n) is 6.70. The molecule has 1 aromatic rings. The molecule has 1 aliphatic heterocycles. The molecule has 6 nitrogen and oxygen atoms in total. The molecule has 1 aliphatic carbocycles. The number of fused-ring (bicyclic) bond motifs is 1. The zero-order chi connectivity index (χ0) is 14.2. The fourth-order valence-corrected chi connectivity index (χ4v) is 3.91. The molecule has 0 spiro atoms. The van der Waals surface area contributed by atoms with Crippen LogP contribution >= 0.6 is 0 Å². The predicted octanol–water partition coefficient (Wildman–Crippen LogP) is 1.02. The van der Waals surface area contributed by atoms with Gasteiger partial charge in [-0.25, -0.2) is 5.14 Å². The first kappa shape index (κ1) is 13.7. The Hall–Kier alpha value is -1.31. The minimum atomic E-state index is -3.76. The van der Waals surface area contributed by atoms with Gasteiger partial charge in [-0.3, -0.25) is 0 Å². The van der Waals surface area contributed by atoms with E-state index in [1.54, 1.807) is 0 Å². The summed E-state index contributed by atoms with van der Waals surface area (Å²) in [7, 11) is -3.76. The number of ether oxygens (including phenoxy) is 2. The lowest BCUT2D eigenvalue weighted by molar-refractivity contribution is 0.171. The lowest BCUT2D eigenvalue weighted by Gasteiger charge is -2.31. The fraction of sp³-hybridized carbons (Fsp3) is 0.538. The van der Waals surface area contributed by atoms with Gasteiger partial charge in [-0.05, 0) is 30.5 Å². The van der Waals surface area contributed by atoms with Crippen LogP contribution in [0.4, 0.5) is 0 Å². The van der Waals surface area contributed by atoms with Gasteiger partial charge in [0.25, 0.3) is 10.2 Å². The summed E-state index contributed by atoms with van der Waals surface area (Å²) in [6.07, 6.45) is 3.42. The van der Waals surface area contributed by atoms with Gasteiger partial charge in [0.1, 0.15) is 13.2 Å². The number of hydrogen-bond donors (Lipinski definition) is 2. The Bertz CT molecular complexity index is 609. The van der Waals surface area contributed by atoms with E-state index in [9.17, 15) is 8.42 Å². The molecule has 110 valence electrons. The highest BCUT2D eigenvalue weighted by molar-refractivity contribution is 7.87. The van der Waals surface area contributed by atoms with Crippen molar-refractivity contribution in [2.45, 2.75) is 31.2 Å². The van der Waals surface area contributed by atoms with Crippen molar-refractivity contribution in [1.29, 1.82) is 0 Å². The van der Waals surface area contributed by atoms with Gasteiger partial charge in [0.2, 0.25) is 0 Å². The molecule has 1 fully saturated rings. The van der Waals surface area contributed by atoms with Crippen molar-refractivity contribution in [1.82, 2.24) is 4.72 Å². The lowest BCUT2D eigenvalue weighted by Crippen LogP contribution is -2.46. The molecule has 2 aliphatic rings. The Balaban J connectivity index is 1.99. The van der Waals surface area contributed by atoms with E-state index < -0.39 is 15.7 Å². The number of nitrogens with two attached hydrogens (primary N) is 1. The molecule has 3 rings (SSSR count). The molecule has 7 heteroatoms. The van der Waals surface area contributed by atoms with Crippen LogP contribution in [0.2, 0.25) is 0 Å². The smallest absolute Gasteiger partial charge is 0.275 e. The molecule has 1 heterocycles. The van der Waals surface area contributed by atoms with Gasteiger partial charge in [-0.2, -0.15) is 13.1 Å². The molecule has 0 unspecified atom stereocenters. The first-order valence-corrected chi connectivity index (χ1v) is 8.25. The van der Waals surface area contributed by atoms with Crippen molar-refractivity contribution in [3.63, 3.8) is 0 Å². The van der Waals surface area contributed by atoms with Crippen LogP contribution in [0.1, 0.15) is 31.2 Å². The standard InChI is InChI=1S/C13H18N2O4S/c14-20(16,17)15-13(5-1-2-6-13)10-3-4-11-12(9-10)19-8-7-18-11/h3-4,9,15H,1-2,5-8H2,(H2,14,16,17). The highest BCUT2D eigenvalue weighted by Gasteiger charge is 2.39. The van der Waals surface area contributed by atoms with Crippen LogP contribution in [-0.4, -0.2) is 21.6 Å². The molecule has 0 radical (unpaired) electrons. The summed E-state index contributed by atoms with van der Waals surface area (Å²) in [5, 5.41) is 5.18. The second kappa shape index (κ2) is 4.91. The molecule has 3 N–H and O–H groups in total. The van der Waals surface area contributed by atoms with E-state index in [4.69, 9.17) is 14.6 Å². The maximum absolute atomic E-state index is 11.5. The van der Waals surface area contributed by atoms with Gasteiger partial charge < -0.3 is 9.47 Å². The molecule has 1 saturated carbocycles. The lowest BCUT2D eigenvalue weighted by atomic mass is 9.89.